The highest BCUT2D eigenvalue weighted by molar-refractivity contribution is 7.89. The van der Waals surface area contributed by atoms with Crippen LogP contribution in [0.5, 0.6) is 0 Å². The molecule has 26 heavy (non-hydrogen) atoms. The Morgan fingerprint density at radius 3 is 2.62 bits per heavy atom. The summed E-state index contributed by atoms with van der Waals surface area (Å²) in [6.07, 6.45) is 5.52. The predicted molar refractivity (Wildman–Crippen MR) is 97.2 cm³/mol. The van der Waals surface area contributed by atoms with E-state index in [-0.39, 0.29) is 17.7 Å². The van der Waals surface area contributed by atoms with Gasteiger partial charge in [0.25, 0.3) is 0 Å². The van der Waals surface area contributed by atoms with E-state index in [1.807, 2.05) is 0 Å². The first-order valence-corrected chi connectivity index (χ1v) is 11.2. The Morgan fingerprint density at radius 1 is 1.27 bits per heavy atom. The van der Waals surface area contributed by atoms with E-state index in [1.54, 1.807) is 13.8 Å². The highest BCUT2D eigenvalue weighted by atomic mass is 32.2. The third kappa shape index (κ3) is 5.16. The van der Waals surface area contributed by atoms with Crippen LogP contribution in [-0.2, 0) is 10.0 Å². The molecular weight excluding hydrogens is 359 g/mol. The second-order valence-corrected chi connectivity index (χ2v) is 10.0. The molecule has 0 bridgehead atoms. The van der Waals surface area contributed by atoms with Crippen LogP contribution in [0.1, 0.15) is 70.5 Å². The highest BCUT2D eigenvalue weighted by Gasteiger charge is 2.38. The van der Waals surface area contributed by atoms with Crippen LogP contribution in [0.25, 0.3) is 0 Å². The molecule has 0 amide bonds. The van der Waals surface area contributed by atoms with Crippen molar-refractivity contribution in [1.29, 1.82) is 0 Å². The van der Waals surface area contributed by atoms with E-state index in [4.69, 9.17) is 4.52 Å². The Bertz CT molecular complexity index is 699. The lowest BCUT2D eigenvalue weighted by atomic mass is 9.86. The standard InChI is InChI=1S/C17H29FN4O3S/c1-3-26(23,24)19-11-12-4-6-14(7-5-12)20-16-21-15(22-25-16)13-8-9-17(2,18)10-13/h12-14,19H,3-11H2,1-2H3,(H,20,21,22)/t12-,13?,14-,17?. The van der Waals surface area contributed by atoms with E-state index < -0.39 is 15.7 Å². The van der Waals surface area contributed by atoms with Gasteiger partial charge in [0.05, 0.1) is 5.75 Å². The van der Waals surface area contributed by atoms with Crippen LogP contribution in [0.15, 0.2) is 4.52 Å². The first-order valence-electron chi connectivity index (χ1n) is 9.53. The fourth-order valence-electron chi connectivity index (χ4n) is 3.91. The molecule has 0 aliphatic heterocycles. The monoisotopic (exact) mass is 388 g/mol. The normalized spacial score (nSPS) is 32.7. The molecule has 2 N–H and O–H groups in total. The molecule has 0 aromatic carbocycles. The number of hydrogen-bond acceptors (Lipinski definition) is 6. The molecule has 2 fully saturated rings. The van der Waals surface area contributed by atoms with E-state index in [1.165, 1.54) is 0 Å². The predicted octanol–water partition coefficient (Wildman–Crippen LogP) is 2.98. The fourth-order valence-corrected chi connectivity index (χ4v) is 4.60. The molecule has 2 atom stereocenters. The molecule has 148 valence electrons. The molecule has 2 aliphatic carbocycles. The number of sulfonamides is 1. The molecule has 0 spiro atoms. The summed E-state index contributed by atoms with van der Waals surface area (Å²) in [5.41, 5.74) is -1.13. The van der Waals surface area contributed by atoms with Gasteiger partial charge in [-0.3, -0.25) is 0 Å². The SMILES string of the molecule is CCS(=O)(=O)NC[C@H]1CC[C@H](Nc2nc(C3CCC(C)(F)C3)no2)CC1. The first kappa shape index (κ1) is 19.5. The molecule has 1 aromatic heterocycles. The van der Waals surface area contributed by atoms with Crippen molar-refractivity contribution in [2.45, 2.75) is 76.4 Å². The summed E-state index contributed by atoms with van der Waals surface area (Å²) < 4.78 is 45.0. The average Bonchev–Trinajstić information content (AvgIpc) is 3.20. The number of aromatic nitrogens is 2. The quantitative estimate of drug-likeness (QED) is 0.745. The smallest absolute Gasteiger partial charge is 0.321 e. The van der Waals surface area contributed by atoms with E-state index >= 15 is 0 Å². The molecule has 1 aromatic rings. The minimum Gasteiger partial charge on any atom is -0.335 e. The fraction of sp³-hybridized carbons (Fsp3) is 0.882. The summed E-state index contributed by atoms with van der Waals surface area (Å²) in [4.78, 5) is 4.40. The van der Waals surface area contributed by atoms with Crippen LogP contribution in [0, 0.1) is 5.92 Å². The molecule has 2 unspecified atom stereocenters. The molecule has 3 rings (SSSR count). The minimum absolute atomic E-state index is 0.0339. The number of nitrogens with one attached hydrogen (secondary N) is 2. The number of nitrogens with zero attached hydrogens (tertiary/aromatic N) is 2. The van der Waals surface area contributed by atoms with Gasteiger partial charge in [0.2, 0.25) is 10.0 Å². The van der Waals surface area contributed by atoms with Gasteiger partial charge in [0, 0.05) is 18.5 Å². The van der Waals surface area contributed by atoms with Crippen LogP contribution in [0.3, 0.4) is 0 Å². The van der Waals surface area contributed by atoms with Crippen LogP contribution in [-0.4, -0.2) is 42.6 Å². The number of anilines is 1. The van der Waals surface area contributed by atoms with Crippen molar-refractivity contribution >= 4 is 16.0 Å². The van der Waals surface area contributed by atoms with Crippen LogP contribution in [0.4, 0.5) is 10.4 Å². The van der Waals surface area contributed by atoms with Gasteiger partial charge in [-0.15, -0.1) is 0 Å². The first-order chi connectivity index (χ1) is 12.3. The molecule has 1 heterocycles. The Hall–Kier alpha value is -1.22. The second-order valence-electron chi connectivity index (χ2n) is 7.92. The van der Waals surface area contributed by atoms with Gasteiger partial charge in [-0.05, 0) is 64.7 Å². The van der Waals surface area contributed by atoms with E-state index in [0.717, 1.165) is 32.1 Å². The van der Waals surface area contributed by atoms with Crippen molar-refractivity contribution in [2.75, 3.05) is 17.6 Å². The van der Waals surface area contributed by atoms with Crippen molar-refractivity contribution in [2.24, 2.45) is 5.92 Å². The Morgan fingerprint density at radius 2 is 2.00 bits per heavy atom. The summed E-state index contributed by atoms with van der Waals surface area (Å²) in [6, 6.07) is 0.653. The van der Waals surface area contributed by atoms with E-state index in [2.05, 4.69) is 20.2 Å². The number of hydrogen-bond donors (Lipinski definition) is 2. The van der Waals surface area contributed by atoms with Crippen LogP contribution >= 0.6 is 0 Å². The van der Waals surface area contributed by atoms with Gasteiger partial charge >= 0.3 is 6.01 Å². The summed E-state index contributed by atoms with van der Waals surface area (Å²) in [7, 11) is -3.12. The Labute approximate surface area is 154 Å². The van der Waals surface area contributed by atoms with Gasteiger partial charge in [0.15, 0.2) is 5.82 Å². The number of halogens is 1. The maximum atomic E-state index is 14.0. The molecular formula is C17H29FN4O3S. The molecule has 2 saturated carbocycles. The molecule has 2 aliphatic rings. The molecule has 0 saturated heterocycles. The lowest BCUT2D eigenvalue weighted by Crippen LogP contribution is -2.34. The largest absolute Gasteiger partial charge is 0.335 e. The topological polar surface area (TPSA) is 97.1 Å². The van der Waals surface area contributed by atoms with Crippen LogP contribution < -0.4 is 10.0 Å². The summed E-state index contributed by atoms with van der Waals surface area (Å²) in [6.45, 7) is 3.78. The zero-order valence-electron chi connectivity index (χ0n) is 15.5. The van der Waals surface area contributed by atoms with Crippen molar-refractivity contribution in [3.63, 3.8) is 0 Å². The Balaban J connectivity index is 1.44. The second kappa shape index (κ2) is 7.80. The zero-order valence-corrected chi connectivity index (χ0v) is 16.3. The third-order valence-electron chi connectivity index (χ3n) is 5.64. The summed E-state index contributed by atoms with van der Waals surface area (Å²) >= 11 is 0. The number of rotatable bonds is 7. The maximum Gasteiger partial charge on any atom is 0.321 e. The van der Waals surface area contributed by atoms with Gasteiger partial charge in [-0.25, -0.2) is 17.5 Å². The lowest BCUT2D eigenvalue weighted by molar-refractivity contribution is 0.196. The Kier molecular flexibility index (Phi) is 5.86. The van der Waals surface area contributed by atoms with Crippen molar-refractivity contribution < 1.29 is 17.3 Å². The maximum absolute atomic E-state index is 14.0. The molecule has 0 radical (unpaired) electrons. The third-order valence-corrected chi connectivity index (χ3v) is 7.01. The van der Waals surface area contributed by atoms with Crippen molar-refractivity contribution in [3.8, 4) is 0 Å². The van der Waals surface area contributed by atoms with Crippen molar-refractivity contribution in [3.05, 3.63) is 5.82 Å². The van der Waals surface area contributed by atoms with Gasteiger partial charge in [0.1, 0.15) is 5.67 Å². The van der Waals surface area contributed by atoms with Crippen LogP contribution in [0.2, 0.25) is 0 Å². The van der Waals surface area contributed by atoms with Gasteiger partial charge in [-0.2, -0.15) is 4.98 Å². The van der Waals surface area contributed by atoms with Crippen molar-refractivity contribution in [1.82, 2.24) is 14.9 Å². The van der Waals surface area contributed by atoms with Gasteiger partial charge < -0.3 is 9.84 Å². The minimum atomic E-state index is -3.12. The lowest BCUT2D eigenvalue weighted by Gasteiger charge is -2.28. The average molecular weight is 389 g/mol. The van der Waals surface area contributed by atoms with E-state index in [9.17, 15) is 12.8 Å². The number of alkyl halides is 1. The summed E-state index contributed by atoms with van der Waals surface area (Å²) in [5, 5.41) is 7.29. The summed E-state index contributed by atoms with van der Waals surface area (Å²) in [5.74, 6) is 1.11. The zero-order chi connectivity index (χ0) is 18.8. The highest BCUT2D eigenvalue weighted by Crippen LogP contribution is 2.42. The molecule has 7 nitrogen and oxygen atoms in total. The van der Waals surface area contributed by atoms with Gasteiger partial charge in [-0.1, -0.05) is 5.16 Å². The molecule has 9 heteroatoms. The van der Waals surface area contributed by atoms with E-state index in [0.29, 0.717) is 37.1 Å².